The van der Waals surface area contributed by atoms with E-state index in [1.54, 1.807) is 6.21 Å². The molecule has 0 fully saturated rings. The van der Waals surface area contributed by atoms with Crippen molar-refractivity contribution in [2.45, 2.75) is 6.92 Å². The van der Waals surface area contributed by atoms with Crippen molar-refractivity contribution in [3.63, 3.8) is 0 Å². The number of para-hydroxylation sites is 1. The summed E-state index contributed by atoms with van der Waals surface area (Å²) in [5.41, 5.74) is 3.40. The number of rotatable bonds is 2. The quantitative estimate of drug-likeness (QED) is 0.762. The van der Waals surface area contributed by atoms with E-state index in [4.69, 9.17) is 0 Å². The van der Waals surface area contributed by atoms with Gasteiger partial charge in [-0.25, -0.2) is 0 Å². The van der Waals surface area contributed by atoms with Crippen molar-refractivity contribution >= 4 is 23.4 Å². The predicted octanol–water partition coefficient (Wildman–Crippen LogP) is 3.49. The Balaban J connectivity index is 1.96. The monoisotopic (exact) mass is 262 g/mol. The first-order chi connectivity index (χ1) is 9.77. The first-order valence-corrected chi connectivity index (χ1v) is 6.47. The van der Waals surface area contributed by atoms with Crippen LogP contribution in [0, 0.1) is 0 Å². The van der Waals surface area contributed by atoms with Crippen molar-refractivity contribution in [2.75, 3.05) is 5.01 Å². The molecular formula is C17H14N2O. The van der Waals surface area contributed by atoms with Crippen LogP contribution in [0.4, 0.5) is 5.69 Å². The summed E-state index contributed by atoms with van der Waals surface area (Å²) in [6.07, 6.45) is 1.64. The molecule has 2 aromatic rings. The van der Waals surface area contributed by atoms with Gasteiger partial charge in [-0.15, -0.1) is 0 Å². The molecule has 0 aromatic heterocycles. The average Bonchev–Trinajstić information content (AvgIpc) is 2.90. The minimum Gasteiger partial charge on any atom is -0.267 e. The lowest BCUT2D eigenvalue weighted by atomic mass is 10.0. The molecule has 1 aliphatic rings. The van der Waals surface area contributed by atoms with Gasteiger partial charge in [0, 0.05) is 0 Å². The van der Waals surface area contributed by atoms with Crippen molar-refractivity contribution in [2.24, 2.45) is 5.10 Å². The van der Waals surface area contributed by atoms with Gasteiger partial charge in [-0.3, -0.25) is 4.79 Å². The van der Waals surface area contributed by atoms with Crippen LogP contribution in [0.3, 0.4) is 0 Å². The topological polar surface area (TPSA) is 32.7 Å². The predicted molar refractivity (Wildman–Crippen MR) is 81.5 cm³/mol. The summed E-state index contributed by atoms with van der Waals surface area (Å²) < 4.78 is 0. The zero-order valence-corrected chi connectivity index (χ0v) is 11.2. The van der Waals surface area contributed by atoms with Gasteiger partial charge in [-0.1, -0.05) is 48.5 Å². The maximum Gasteiger partial charge on any atom is 0.280 e. The van der Waals surface area contributed by atoms with Crippen LogP contribution in [0.1, 0.15) is 12.5 Å². The fraction of sp³-hybridized carbons (Fsp3) is 0.0588. The van der Waals surface area contributed by atoms with E-state index in [2.05, 4.69) is 5.10 Å². The lowest BCUT2D eigenvalue weighted by molar-refractivity contribution is -0.114. The molecule has 1 heterocycles. The molecule has 1 amide bonds. The Kier molecular flexibility index (Phi) is 3.17. The van der Waals surface area contributed by atoms with Gasteiger partial charge < -0.3 is 0 Å². The first-order valence-electron chi connectivity index (χ1n) is 6.47. The largest absolute Gasteiger partial charge is 0.280 e. The number of allylic oxidation sites excluding steroid dienone is 1. The van der Waals surface area contributed by atoms with E-state index >= 15 is 0 Å². The van der Waals surface area contributed by atoms with Gasteiger partial charge in [0.2, 0.25) is 0 Å². The maximum atomic E-state index is 12.5. The fourth-order valence-electron chi connectivity index (χ4n) is 2.19. The Hall–Kier alpha value is -2.68. The van der Waals surface area contributed by atoms with Crippen LogP contribution in [-0.2, 0) is 4.79 Å². The first kappa shape index (κ1) is 12.4. The Labute approximate surface area is 117 Å². The van der Waals surface area contributed by atoms with Crippen molar-refractivity contribution in [1.82, 2.24) is 0 Å². The smallest absolute Gasteiger partial charge is 0.267 e. The molecular weight excluding hydrogens is 248 g/mol. The van der Waals surface area contributed by atoms with Crippen LogP contribution in [0.25, 0.3) is 5.57 Å². The van der Waals surface area contributed by atoms with Crippen molar-refractivity contribution in [3.8, 4) is 0 Å². The lowest BCUT2D eigenvalue weighted by Gasteiger charge is -2.12. The molecule has 0 atom stereocenters. The number of anilines is 1. The Morgan fingerprint density at radius 1 is 0.950 bits per heavy atom. The second-order valence-corrected chi connectivity index (χ2v) is 4.60. The highest BCUT2D eigenvalue weighted by Gasteiger charge is 2.25. The molecule has 98 valence electrons. The number of carbonyl (C=O) groups is 1. The molecule has 0 aliphatic carbocycles. The minimum atomic E-state index is -0.0856. The van der Waals surface area contributed by atoms with E-state index in [9.17, 15) is 4.79 Å². The number of hydrazone groups is 1. The number of hydrogen-bond acceptors (Lipinski definition) is 2. The molecule has 3 heteroatoms. The standard InChI is InChI=1S/C17H14N2O/c1-13(14-8-4-2-5-9-14)16-12-18-19(17(16)20)15-10-6-3-7-11-15/h2-12H,1H3. The van der Waals surface area contributed by atoms with Crippen LogP contribution >= 0.6 is 0 Å². The Bertz CT molecular complexity index is 687. The number of carbonyl (C=O) groups excluding carboxylic acids is 1. The molecule has 0 N–H and O–H groups in total. The van der Waals surface area contributed by atoms with Crippen molar-refractivity contribution < 1.29 is 4.79 Å². The number of amides is 1. The summed E-state index contributed by atoms with van der Waals surface area (Å²) in [4.78, 5) is 12.5. The van der Waals surface area contributed by atoms with Gasteiger partial charge in [0.05, 0.1) is 17.5 Å². The van der Waals surface area contributed by atoms with E-state index in [1.165, 1.54) is 5.01 Å². The van der Waals surface area contributed by atoms with Gasteiger partial charge in [-0.05, 0) is 30.2 Å². The van der Waals surface area contributed by atoms with E-state index in [-0.39, 0.29) is 5.91 Å². The van der Waals surface area contributed by atoms with Crippen LogP contribution in [0.2, 0.25) is 0 Å². The lowest BCUT2D eigenvalue weighted by Crippen LogP contribution is -2.21. The summed E-state index contributed by atoms with van der Waals surface area (Å²) in [5, 5.41) is 5.65. The molecule has 20 heavy (non-hydrogen) atoms. The highest BCUT2D eigenvalue weighted by atomic mass is 16.2. The Morgan fingerprint density at radius 3 is 2.20 bits per heavy atom. The van der Waals surface area contributed by atoms with E-state index in [0.717, 1.165) is 16.8 Å². The highest BCUT2D eigenvalue weighted by Crippen LogP contribution is 2.25. The molecule has 3 nitrogen and oxygen atoms in total. The summed E-state index contributed by atoms with van der Waals surface area (Å²) >= 11 is 0. The molecule has 0 radical (unpaired) electrons. The SMILES string of the molecule is CC(=C1C=NN(c2ccccc2)C1=O)c1ccccc1. The normalized spacial score (nSPS) is 16.6. The fourth-order valence-corrected chi connectivity index (χ4v) is 2.19. The van der Waals surface area contributed by atoms with Crippen molar-refractivity contribution in [3.05, 3.63) is 71.8 Å². The second-order valence-electron chi connectivity index (χ2n) is 4.60. The highest BCUT2D eigenvalue weighted by molar-refractivity contribution is 6.27. The summed E-state index contributed by atoms with van der Waals surface area (Å²) in [5.74, 6) is -0.0856. The third-order valence-electron chi connectivity index (χ3n) is 3.34. The molecule has 3 rings (SSSR count). The maximum absolute atomic E-state index is 12.5. The Morgan fingerprint density at radius 2 is 1.55 bits per heavy atom. The molecule has 0 bridgehead atoms. The van der Waals surface area contributed by atoms with Gasteiger partial charge in [-0.2, -0.15) is 10.1 Å². The number of nitrogens with zero attached hydrogens (tertiary/aromatic N) is 2. The van der Waals surface area contributed by atoms with E-state index in [0.29, 0.717) is 5.57 Å². The molecule has 1 aliphatic heterocycles. The third kappa shape index (κ3) is 2.14. The number of benzene rings is 2. The van der Waals surface area contributed by atoms with Gasteiger partial charge in [0.25, 0.3) is 5.91 Å². The second kappa shape index (κ2) is 5.13. The van der Waals surface area contributed by atoms with Crippen molar-refractivity contribution in [1.29, 1.82) is 0 Å². The van der Waals surface area contributed by atoms with Crippen LogP contribution in [0.15, 0.2) is 71.3 Å². The van der Waals surface area contributed by atoms with Crippen LogP contribution in [-0.4, -0.2) is 12.1 Å². The minimum absolute atomic E-state index is 0.0856. The van der Waals surface area contributed by atoms with E-state index < -0.39 is 0 Å². The third-order valence-corrected chi connectivity index (χ3v) is 3.34. The summed E-state index contributed by atoms with van der Waals surface area (Å²) in [7, 11) is 0. The molecule has 0 unspecified atom stereocenters. The molecule has 0 saturated heterocycles. The van der Waals surface area contributed by atoms with E-state index in [1.807, 2.05) is 67.6 Å². The van der Waals surface area contributed by atoms with Gasteiger partial charge in [0.15, 0.2) is 0 Å². The van der Waals surface area contributed by atoms with Crippen LogP contribution < -0.4 is 5.01 Å². The zero-order valence-electron chi connectivity index (χ0n) is 11.2. The molecule has 0 saturated carbocycles. The molecule has 0 spiro atoms. The summed E-state index contributed by atoms with van der Waals surface area (Å²) in [6.45, 7) is 1.95. The zero-order chi connectivity index (χ0) is 13.9. The molecule has 2 aromatic carbocycles. The average molecular weight is 262 g/mol. The number of hydrogen-bond donors (Lipinski definition) is 0. The van der Waals surface area contributed by atoms with Gasteiger partial charge >= 0.3 is 0 Å². The van der Waals surface area contributed by atoms with Crippen LogP contribution in [0.5, 0.6) is 0 Å². The summed E-state index contributed by atoms with van der Waals surface area (Å²) in [6, 6.07) is 19.3. The van der Waals surface area contributed by atoms with Gasteiger partial charge in [0.1, 0.15) is 0 Å².